The molecule has 0 saturated heterocycles. The highest BCUT2D eigenvalue weighted by Gasteiger charge is 2.13. The molecule has 21 heavy (non-hydrogen) atoms. The second-order valence-corrected chi connectivity index (χ2v) is 6.49. The highest BCUT2D eigenvalue weighted by atomic mass is 79.9. The molecule has 0 spiro atoms. The maximum atomic E-state index is 5.82. The molecule has 0 aromatic carbocycles. The van der Waals surface area contributed by atoms with Gasteiger partial charge in [-0.2, -0.15) is 0 Å². The number of aromatic nitrogens is 3. The zero-order chi connectivity index (χ0) is 14.8. The first kappa shape index (κ1) is 14.4. The number of nitrogens with zero attached hydrogens (tertiary/aromatic N) is 3. The predicted octanol–water partition coefficient (Wildman–Crippen LogP) is 3.27. The molecule has 0 saturated carbocycles. The molecule has 0 radical (unpaired) electrons. The molecule has 0 aliphatic heterocycles. The van der Waals surface area contributed by atoms with Gasteiger partial charge >= 0.3 is 0 Å². The fourth-order valence-corrected chi connectivity index (χ4v) is 3.43. The van der Waals surface area contributed by atoms with Crippen LogP contribution in [0.15, 0.2) is 34.4 Å². The Morgan fingerprint density at radius 3 is 2.81 bits per heavy atom. The quantitative estimate of drug-likeness (QED) is 0.743. The summed E-state index contributed by atoms with van der Waals surface area (Å²) < 4.78 is 2.00. The summed E-state index contributed by atoms with van der Waals surface area (Å²) in [4.78, 5) is 13.3. The lowest BCUT2D eigenvalue weighted by atomic mass is 10.2. The fourth-order valence-electron chi connectivity index (χ4n) is 1.90. The average Bonchev–Trinajstić information content (AvgIpc) is 2.87. The van der Waals surface area contributed by atoms with Gasteiger partial charge in [0.15, 0.2) is 5.82 Å². The van der Waals surface area contributed by atoms with Crippen LogP contribution in [0.2, 0.25) is 0 Å². The lowest BCUT2D eigenvalue weighted by Crippen LogP contribution is -2.25. The summed E-state index contributed by atoms with van der Waals surface area (Å²) in [5.74, 6) is 1.50. The number of anilines is 1. The van der Waals surface area contributed by atoms with Crippen molar-refractivity contribution in [2.24, 2.45) is 5.73 Å². The molecule has 3 rings (SSSR count). The number of nitrogens with two attached hydrogens (primary N) is 1. The molecule has 0 aliphatic rings. The Bertz CT molecular complexity index is 757. The van der Waals surface area contributed by atoms with Crippen LogP contribution in [-0.2, 0) is 0 Å². The maximum Gasteiger partial charge on any atom is 0.162 e. The number of thiophene rings is 1. The highest BCUT2D eigenvalue weighted by Crippen LogP contribution is 2.34. The van der Waals surface area contributed by atoms with Crippen molar-refractivity contribution in [2.75, 3.05) is 11.9 Å². The van der Waals surface area contributed by atoms with Crippen LogP contribution in [0.25, 0.3) is 21.6 Å². The summed E-state index contributed by atoms with van der Waals surface area (Å²) in [6, 6.07) is 3.86. The van der Waals surface area contributed by atoms with E-state index in [1.807, 2.05) is 24.4 Å². The number of rotatable bonds is 4. The third-order valence-electron chi connectivity index (χ3n) is 2.90. The number of hydrogen-bond acceptors (Lipinski definition) is 6. The molecule has 1 atom stereocenters. The summed E-state index contributed by atoms with van der Waals surface area (Å²) in [5.41, 5.74) is 7.67. The molecule has 3 aromatic rings. The number of nitrogens with one attached hydrogen (secondary N) is 1. The molecule has 3 heterocycles. The van der Waals surface area contributed by atoms with E-state index in [-0.39, 0.29) is 6.04 Å². The van der Waals surface area contributed by atoms with Gasteiger partial charge in [0.1, 0.15) is 11.3 Å². The molecular formula is C14H14BrN5S. The van der Waals surface area contributed by atoms with Crippen molar-refractivity contribution in [1.29, 1.82) is 0 Å². The zero-order valence-electron chi connectivity index (χ0n) is 11.4. The van der Waals surface area contributed by atoms with Crippen LogP contribution in [0, 0.1) is 0 Å². The standard InChI is InChI=1S/C14H14BrN5S/c1-8(16)6-18-14-12-11(10(15)7-21-12)19-13(20-14)9-2-4-17-5-3-9/h2-5,7-8H,6,16H2,1H3,(H,18,19,20)/t8-/m0/s1. The third-order valence-corrected chi connectivity index (χ3v) is 4.79. The van der Waals surface area contributed by atoms with Crippen LogP contribution in [0.3, 0.4) is 0 Å². The average molecular weight is 364 g/mol. The highest BCUT2D eigenvalue weighted by molar-refractivity contribution is 9.10. The Hall–Kier alpha value is -1.57. The van der Waals surface area contributed by atoms with E-state index in [1.165, 1.54) is 0 Å². The second-order valence-electron chi connectivity index (χ2n) is 4.75. The van der Waals surface area contributed by atoms with Gasteiger partial charge in [-0.05, 0) is 35.0 Å². The van der Waals surface area contributed by atoms with Crippen molar-refractivity contribution < 1.29 is 0 Å². The minimum Gasteiger partial charge on any atom is -0.367 e. The van der Waals surface area contributed by atoms with Gasteiger partial charge in [0.05, 0.1) is 9.17 Å². The molecule has 108 valence electrons. The summed E-state index contributed by atoms with van der Waals surface area (Å²) in [5, 5.41) is 5.33. The fraction of sp³-hybridized carbons (Fsp3) is 0.214. The van der Waals surface area contributed by atoms with E-state index in [1.54, 1.807) is 23.7 Å². The second kappa shape index (κ2) is 6.05. The van der Waals surface area contributed by atoms with Gasteiger partial charge in [-0.15, -0.1) is 11.3 Å². The van der Waals surface area contributed by atoms with E-state index in [2.05, 4.69) is 36.2 Å². The Morgan fingerprint density at radius 1 is 1.33 bits per heavy atom. The molecule has 3 aromatic heterocycles. The monoisotopic (exact) mass is 363 g/mol. The Kier molecular flexibility index (Phi) is 4.14. The van der Waals surface area contributed by atoms with Gasteiger partial charge < -0.3 is 11.1 Å². The van der Waals surface area contributed by atoms with Gasteiger partial charge in [-0.25, -0.2) is 9.97 Å². The Balaban J connectivity index is 2.11. The maximum absolute atomic E-state index is 5.82. The van der Waals surface area contributed by atoms with Crippen LogP contribution in [-0.4, -0.2) is 27.5 Å². The number of fused-ring (bicyclic) bond motifs is 1. The minimum atomic E-state index is 0.0581. The largest absolute Gasteiger partial charge is 0.367 e. The molecule has 0 bridgehead atoms. The first-order valence-electron chi connectivity index (χ1n) is 6.49. The van der Waals surface area contributed by atoms with Crippen LogP contribution >= 0.6 is 27.3 Å². The van der Waals surface area contributed by atoms with Crippen molar-refractivity contribution in [1.82, 2.24) is 15.0 Å². The van der Waals surface area contributed by atoms with Crippen LogP contribution < -0.4 is 11.1 Å². The van der Waals surface area contributed by atoms with E-state index < -0.39 is 0 Å². The minimum absolute atomic E-state index is 0.0581. The molecule has 0 unspecified atom stereocenters. The normalized spacial score (nSPS) is 12.5. The van der Waals surface area contributed by atoms with Crippen molar-refractivity contribution in [3.63, 3.8) is 0 Å². The van der Waals surface area contributed by atoms with Gasteiger partial charge in [-0.1, -0.05) is 0 Å². The van der Waals surface area contributed by atoms with Crippen molar-refractivity contribution in [3.8, 4) is 11.4 Å². The molecule has 0 amide bonds. The predicted molar refractivity (Wildman–Crippen MR) is 90.5 cm³/mol. The molecule has 3 N–H and O–H groups in total. The number of hydrogen-bond donors (Lipinski definition) is 2. The van der Waals surface area contributed by atoms with Crippen LogP contribution in [0.5, 0.6) is 0 Å². The Labute approximate surface area is 134 Å². The van der Waals surface area contributed by atoms with Gasteiger partial charge in [0, 0.05) is 35.9 Å². The molecular weight excluding hydrogens is 350 g/mol. The van der Waals surface area contributed by atoms with E-state index in [0.717, 1.165) is 26.1 Å². The number of halogens is 1. The Morgan fingerprint density at radius 2 is 2.10 bits per heavy atom. The summed E-state index contributed by atoms with van der Waals surface area (Å²) in [7, 11) is 0. The molecule has 0 fully saturated rings. The topological polar surface area (TPSA) is 76.7 Å². The first-order valence-corrected chi connectivity index (χ1v) is 8.17. The van der Waals surface area contributed by atoms with Crippen LogP contribution in [0.4, 0.5) is 5.82 Å². The van der Waals surface area contributed by atoms with Crippen LogP contribution in [0.1, 0.15) is 6.92 Å². The van der Waals surface area contributed by atoms with E-state index in [4.69, 9.17) is 5.73 Å². The zero-order valence-corrected chi connectivity index (χ0v) is 13.8. The molecule has 5 nitrogen and oxygen atoms in total. The van der Waals surface area contributed by atoms with Gasteiger partial charge in [-0.3, -0.25) is 4.98 Å². The smallest absolute Gasteiger partial charge is 0.162 e. The van der Waals surface area contributed by atoms with E-state index >= 15 is 0 Å². The number of pyridine rings is 1. The lowest BCUT2D eigenvalue weighted by Gasteiger charge is -2.10. The van der Waals surface area contributed by atoms with Gasteiger partial charge in [0.2, 0.25) is 0 Å². The third kappa shape index (κ3) is 3.04. The first-order chi connectivity index (χ1) is 10.1. The summed E-state index contributed by atoms with van der Waals surface area (Å²) in [6.07, 6.45) is 3.47. The SMILES string of the molecule is C[C@H](N)CNc1nc(-c2ccncc2)nc2c(Br)csc12. The van der Waals surface area contributed by atoms with Crippen molar-refractivity contribution >= 4 is 43.3 Å². The molecule has 7 heteroatoms. The van der Waals surface area contributed by atoms with Crippen molar-refractivity contribution in [2.45, 2.75) is 13.0 Å². The summed E-state index contributed by atoms with van der Waals surface area (Å²) >= 11 is 5.15. The molecule has 0 aliphatic carbocycles. The van der Waals surface area contributed by atoms with Gasteiger partial charge in [0.25, 0.3) is 0 Å². The lowest BCUT2D eigenvalue weighted by molar-refractivity contribution is 0.778. The van der Waals surface area contributed by atoms with E-state index in [9.17, 15) is 0 Å². The summed E-state index contributed by atoms with van der Waals surface area (Å²) in [6.45, 7) is 2.62. The van der Waals surface area contributed by atoms with Crippen molar-refractivity contribution in [3.05, 3.63) is 34.4 Å². The van der Waals surface area contributed by atoms with E-state index in [0.29, 0.717) is 12.4 Å².